The minimum absolute atomic E-state index is 0.579. The maximum absolute atomic E-state index is 6.11. The second-order valence-corrected chi connectivity index (χ2v) is 7.45. The van der Waals surface area contributed by atoms with Crippen LogP contribution in [0.15, 0.2) is 59.9 Å². The monoisotopic (exact) mass is 414 g/mol. The van der Waals surface area contributed by atoms with Crippen LogP contribution in [0.4, 0.5) is 11.4 Å². The van der Waals surface area contributed by atoms with Crippen LogP contribution in [0.3, 0.4) is 0 Å². The molecule has 3 heterocycles. The van der Waals surface area contributed by atoms with Gasteiger partial charge in [-0.25, -0.2) is 4.98 Å². The highest BCUT2D eigenvalue weighted by molar-refractivity contribution is 8.00. The molecule has 0 amide bonds. The second kappa shape index (κ2) is 8.58. The Morgan fingerprint density at radius 2 is 2.18 bits per heavy atom. The quantitative estimate of drug-likeness (QED) is 0.609. The summed E-state index contributed by atoms with van der Waals surface area (Å²) in [6.45, 7) is 2.06. The van der Waals surface area contributed by atoms with E-state index in [4.69, 9.17) is 21.1 Å². The number of aromatic nitrogens is 2. The molecule has 0 spiro atoms. The molecule has 1 N–H and O–H groups in total. The Labute approximate surface area is 173 Å². The summed E-state index contributed by atoms with van der Waals surface area (Å²) in [5.41, 5.74) is 2.96. The van der Waals surface area contributed by atoms with E-state index in [0.29, 0.717) is 24.1 Å². The van der Waals surface area contributed by atoms with Gasteiger partial charge in [-0.2, -0.15) is 0 Å². The molecule has 0 atom stereocenters. The van der Waals surface area contributed by atoms with Gasteiger partial charge in [-0.15, -0.1) is 0 Å². The lowest BCUT2D eigenvalue weighted by molar-refractivity contribution is 0.319. The van der Waals surface area contributed by atoms with Gasteiger partial charge in [0, 0.05) is 23.3 Å². The van der Waals surface area contributed by atoms with Crippen LogP contribution in [-0.4, -0.2) is 30.2 Å². The van der Waals surface area contributed by atoms with Crippen molar-refractivity contribution in [2.75, 3.05) is 29.9 Å². The lowest BCUT2D eigenvalue weighted by Gasteiger charge is -2.21. The molecular weight excluding hydrogens is 396 g/mol. The molecule has 1 aliphatic heterocycles. The Balaban J connectivity index is 1.52. The van der Waals surface area contributed by atoms with Crippen molar-refractivity contribution in [2.24, 2.45) is 0 Å². The van der Waals surface area contributed by atoms with E-state index in [1.54, 1.807) is 25.6 Å². The number of pyridine rings is 2. The molecule has 28 heavy (non-hydrogen) atoms. The summed E-state index contributed by atoms with van der Waals surface area (Å²) < 4.78 is 14.5. The van der Waals surface area contributed by atoms with E-state index in [9.17, 15) is 0 Å². The van der Waals surface area contributed by atoms with Crippen LogP contribution in [0.25, 0.3) is 0 Å². The smallest absolute Gasteiger partial charge is 0.218 e. The van der Waals surface area contributed by atoms with Crippen molar-refractivity contribution in [2.45, 2.75) is 11.4 Å². The largest absolute Gasteiger partial charge is 0.496 e. The van der Waals surface area contributed by atoms with E-state index >= 15 is 0 Å². The van der Waals surface area contributed by atoms with Gasteiger partial charge in [0.2, 0.25) is 5.88 Å². The zero-order chi connectivity index (χ0) is 19.3. The Bertz CT molecular complexity index is 958. The molecule has 0 radical (unpaired) electrons. The second-order valence-electron chi connectivity index (χ2n) is 6.17. The average molecular weight is 415 g/mol. The highest BCUT2D eigenvalue weighted by Crippen LogP contribution is 2.33. The fraction of sp³-hybridized carbons (Fsp3) is 0.200. The average Bonchev–Trinajstić information content (AvgIpc) is 2.95. The summed E-state index contributed by atoms with van der Waals surface area (Å²) >= 11 is 7.53. The zero-order valence-electron chi connectivity index (χ0n) is 15.3. The third kappa shape index (κ3) is 4.26. The molecule has 6 nitrogen and oxygen atoms in total. The number of ether oxygens (including phenoxy) is 2. The molecule has 4 rings (SSSR count). The van der Waals surface area contributed by atoms with Gasteiger partial charge < -0.3 is 19.1 Å². The molecule has 0 saturated carbocycles. The van der Waals surface area contributed by atoms with Crippen molar-refractivity contribution >= 4 is 34.9 Å². The number of hydrogen-bond donors (Lipinski definition) is 1. The van der Waals surface area contributed by atoms with Gasteiger partial charge in [-0.05, 0) is 48.3 Å². The first-order chi connectivity index (χ1) is 13.7. The predicted octanol–water partition coefficient (Wildman–Crippen LogP) is 4.66. The summed E-state index contributed by atoms with van der Waals surface area (Å²) in [6.07, 6.45) is 5.40. The van der Waals surface area contributed by atoms with Crippen LogP contribution in [0.2, 0.25) is 5.02 Å². The van der Waals surface area contributed by atoms with Gasteiger partial charge in [0.05, 0.1) is 42.3 Å². The lowest BCUT2D eigenvalue weighted by atomic mass is 10.2. The fourth-order valence-electron chi connectivity index (χ4n) is 2.94. The SMILES string of the molecule is COc1ccc(Cl)cc1SNc1cnc2c(c1)CN(c1cccnc1)CCO2. The van der Waals surface area contributed by atoms with Crippen LogP contribution >= 0.6 is 23.5 Å². The van der Waals surface area contributed by atoms with E-state index in [1.807, 2.05) is 24.4 Å². The number of fused-ring (bicyclic) bond motifs is 1. The molecular formula is C20H19ClN4O2S. The minimum atomic E-state index is 0.579. The van der Waals surface area contributed by atoms with Gasteiger partial charge in [0.1, 0.15) is 12.4 Å². The molecule has 0 fully saturated rings. The normalized spacial score (nSPS) is 13.3. The number of halogens is 1. The van der Waals surface area contributed by atoms with Crippen LogP contribution in [0.5, 0.6) is 11.6 Å². The molecule has 144 valence electrons. The Hall–Kier alpha value is -2.64. The molecule has 0 aliphatic carbocycles. The van der Waals surface area contributed by atoms with Crippen molar-refractivity contribution < 1.29 is 9.47 Å². The van der Waals surface area contributed by atoms with Crippen LogP contribution < -0.4 is 19.1 Å². The molecule has 2 aromatic heterocycles. The van der Waals surface area contributed by atoms with Crippen molar-refractivity contribution in [3.8, 4) is 11.6 Å². The number of rotatable bonds is 5. The van der Waals surface area contributed by atoms with Crippen molar-refractivity contribution in [3.05, 3.63) is 65.6 Å². The van der Waals surface area contributed by atoms with Gasteiger partial charge in [-0.3, -0.25) is 4.98 Å². The first kappa shape index (κ1) is 18.7. The van der Waals surface area contributed by atoms with E-state index in [-0.39, 0.29) is 0 Å². The number of anilines is 2. The van der Waals surface area contributed by atoms with Crippen LogP contribution in [0, 0.1) is 0 Å². The number of hydrogen-bond acceptors (Lipinski definition) is 7. The summed E-state index contributed by atoms with van der Waals surface area (Å²) in [5, 5.41) is 0.658. The first-order valence-electron chi connectivity index (χ1n) is 8.76. The summed E-state index contributed by atoms with van der Waals surface area (Å²) in [4.78, 5) is 11.8. The summed E-state index contributed by atoms with van der Waals surface area (Å²) in [6, 6.07) is 11.6. The molecule has 0 bridgehead atoms. The molecule has 0 unspecified atom stereocenters. The summed E-state index contributed by atoms with van der Waals surface area (Å²) in [7, 11) is 1.64. The Morgan fingerprint density at radius 1 is 1.25 bits per heavy atom. The predicted molar refractivity (Wildman–Crippen MR) is 113 cm³/mol. The van der Waals surface area contributed by atoms with Gasteiger partial charge in [0.25, 0.3) is 0 Å². The third-order valence-corrected chi connectivity index (χ3v) is 5.41. The van der Waals surface area contributed by atoms with E-state index in [2.05, 4.69) is 31.7 Å². The maximum atomic E-state index is 6.11. The third-order valence-electron chi connectivity index (χ3n) is 4.30. The molecule has 1 aliphatic rings. The first-order valence-corrected chi connectivity index (χ1v) is 9.95. The lowest BCUT2D eigenvalue weighted by Crippen LogP contribution is -2.25. The Kier molecular flexibility index (Phi) is 5.73. The minimum Gasteiger partial charge on any atom is -0.496 e. The van der Waals surface area contributed by atoms with Crippen LogP contribution in [-0.2, 0) is 6.54 Å². The molecule has 1 aromatic carbocycles. The maximum Gasteiger partial charge on any atom is 0.218 e. The highest BCUT2D eigenvalue weighted by atomic mass is 35.5. The summed E-state index contributed by atoms with van der Waals surface area (Å²) in [5.74, 6) is 1.43. The van der Waals surface area contributed by atoms with Gasteiger partial charge in [-0.1, -0.05) is 11.6 Å². The van der Waals surface area contributed by atoms with E-state index in [1.165, 1.54) is 11.9 Å². The number of methoxy groups -OCH3 is 1. The van der Waals surface area contributed by atoms with Crippen molar-refractivity contribution in [1.29, 1.82) is 0 Å². The topological polar surface area (TPSA) is 59.5 Å². The molecule has 0 saturated heterocycles. The Morgan fingerprint density at radius 3 is 3.00 bits per heavy atom. The van der Waals surface area contributed by atoms with Crippen molar-refractivity contribution in [3.63, 3.8) is 0 Å². The fourth-order valence-corrected chi connectivity index (χ4v) is 3.95. The van der Waals surface area contributed by atoms with E-state index < -0.39 is 0 Å². The number of nitrogens with zero attached hydrogens (tertiary/aromatic N) is 3. The van der Waals surface area contributed by atoms with Gasteiger partial charge in [0.15, 0.2) is 0 Å². The standard InChI is InChI=1S/C20H19ClN4O2S/c1-26-18-5-4-15(21)10-19(18)28-24-16-9-14-13-25(17-3-2-6-22-12-17)7-8-27-20(14)23-11-16/h2-6,9-12,24H,7-8,13H2,1H3. The number of nitrogens with one attached hydrogen (secondary N) is 1. The van der Waals surface area contributed by atoms with E-state index in [0.717, 1.165) is 34.1 Å². The number of benzene rings is 1. The van der Waals surface area contributed by atoms with Crippen molar-refractivity contribution in [1.82, 2.24) is 9.97 Å². The molecule has 8 heteroatoms. The van der Waals surface area contributed by atoms with Gasteiger partial charge >= 0.3 is 0 Å². The van der Waals surface area contributed by atoms with Crippen LogP contribution in [0.1, 0.15) is 5.56 Å². The molecule has 3 aromatic rings. The zero-order valence-corrected chi connectivity index (χ0v) is 16.8. The highest BCUT2D eigenvalue weighted by Gasteiger charge is 2.18.